The van der Waals surface area contributed by atoms with Crippen LogP contribution >= 0.6 is 0 Å². The van der Waals surface area contributed by atoms with Crippen LogP contribution in [0.15, 0.2) is 18.2 Å². The van der Waals surface area contributed by atoms with E-state index in [0.29, 0.717) is 18.8 Å². The van der Waals surface area contributed by atoms with Crippen LogP contribution in [0, 0.1) is 15.9 Å². The van der Waals surface area contributed by atoms with Crippen LogP contribution in [0.25, 0.3) is 0 Å². The molecule has 0 saturated carbocycles. The van der Waals surface area contributed by atoms with Crippen LogP contribution in [0.4, 0.5) is 20.6 Å². The van der Waals surface area contributed by atoms with E-state index >= 15 is 0 Å². The van der Waals surface area contributed by atoms with Crippen molar-refractivity contribution in [3.05, 3.63) is 34.1 Å². The Hall–Kier alpha value is -2.18. The lowest BCUT2D eigenvalue weighted by molar-refractivity contribution is -0.387. The summed E-state index contributed by atoms with van der Waals surface area (Å²) in [4.78, 5) is 22.3. The van der Waals surface area contributed by atoms with E-state index in [1.54, 1.807) is 0 Å². The molecule has 2 amide bonds. The van der Waals surface area contributed by atoms with E-state index in [1.165, 1.54) is 11.0 Å². The van der Waals surface area contributed by atoms with Crippen molar-refractivity contribution in [1.29, 1.82) is 0 Å². The Morgan fingerprint density at radius 1 is 1.50 bits per heavy atom. The number of carbonyl (C=O) groups is 1. The number of hydrogen-bond donors (Lipinski definition) is 1. The summed E-state index contributed by atoms with van der Waals surface area (Å²) in [6.45, 7) is 0.894. The molecule has 16 heavy (non-hydrogen) atoms. The zero-order valence-corrected chi connectivity index (χ0v) is 8.14. The van der Waals surface area contributed by atoms with E-state index in [-0.39, 0.29) is 6.03 Å². The van der Waals surface area contributed by atoms with Crippen LogP contribution in [0.5, 0.6) is 0 Å². The number of hydrogen-bond acceptors (Lipinski definition) is 3. The minimum absolute atomic E-state index is 0.322. The lowest BCUT2D eigenvalue weighted by Gasteiger charge is -2.13. The Morgan fingerprint density at radius 3 is 2.81 bits per heavy atom. The molecular formula is C9H8FN3O3. The van der Waals surface area contributed by atoms with E-state index in [1.807, 2.05) is 0 Å². The number of benzene rings is 1. The standard InChI is InChI=1S/C9H8FN3O3/c10-7-2-1-6(5-8(7)13(15)16)12-4-3-11-9(12)14/h1-2,5H,3-4H2,(H,11,14). The predicted octanol–water partition coefficient (Wildman–Crippen LogP) is 1.26. The average Bonchev–Trinajstić information content (AvgIpc) is 2.65. The molecule has 7 heteroatoms. The van der Waals surface area contributed by atoms with Crippen LogP contribution in [0.3, 0.4) is 0 Å². The third-order valence-electron chi connectivity index (χ3n) is 2.29. The molecule has 2 rings (SSSR count). The third kappa shape index (κ3) is 1.67. The van der Waals surface area contributed by atoms with Crippen molar-refractivity contribution in [2.75, 3.05) is 18.0 Å². The Kier molecular flexibility index (Phi) is 2.43. The molecule has 0 unspecified atom stereocenters. The van der Waals surface area contributed by atoms with Crippen LogP contribution < -0.4 is 10.2 Å². The van der Waals surface area contributed by atoms with Gasteiger partial charge in [-0.15, -0.1) is 0 Å². The first-order valence-electron chi connectivity index (χ1n) is 4.59. The first-order valence-corrected chi connectivity index (χ1v) is 4.59. The van der Waals surface area contributed by atoms with Crippen LogP contribution in [0.1, 0.15) is 0 Å². The molecule has 1 aromatic rings. The Morgan fingerprint density at radius 2 is 2.25 bits per heavy atom. The number of amides is 2. The van der Waals surface area contributed by atoms with Crippen molar-refractivity contribution >= 4 is 17.4 Å². The molecule has 1 aliphatic rings. The lowest BCUT2D eigenvalue weighted by atomic mass is 10.2. The quantitative estimate of drug-likeness (QED) is 0.608. The van der Waals surface area contributed by atoms with Crippen molar-refractivity contribution in [3.8, 4) is 0 Å². The van der Waals surface area contributed by atoms with Gasteiger partial charge in [0, 0.05) is 19.2 Å². The lowest BCUT2D eigenvalue weighted by Crippen LogP contribution is -2.27. The third-order valence-corrected chi connectivity index (χ3v) is 2.29. The van der Waals surface area contributed by atoms with Crippen LogP contribution in [0.2, 0.25) is 0 Å². The van der Waals surface area contributed by atoms with Crippen LogP contribution in [-0.4, -0.2) is 24.0 Å². The van der Waals surface area contributed by atoms with Crippen molar-refractivity contribution in [2.45, 2.75) is 0 Å². The number of urea groups is 1. The van der Waals surface area contributed by atoms with Gasteiger partial charge in [-0.1, -0.05) is 0 Å². The highest BCUT2D eigenvalue weighted by molar-refractivity contribution is 5.94. The van der Waals surface area contributed by atoms with Crippen LogP contribution in [-0.2, 0) is 0 Å². The highest BCUT2D eigenvalue weighted by Crippen LogP contribution is 2.25. The molecule has 0 atom stereocenters. The van der Waals surface area contributed by atoms with E-state index in [2.05, 4.69) is 5.32 Å². The zero-order valence-electron chi connectivity index (χ0n) is 8.14. The smallest absolute Gasteiger partial charge is 0.322 e. The fourth-order valence-electron chi connectivity index (χ4n) is 1.53. The Bertz CT molecular complexity index is 463. The number of anilines is 1. The normalized spacial score (nSPS) is 15.1. The molecule has 0 aliphatic carbocycles. The summed E-state index contributed by atoms with van der Waals surface area (Å²) in [5, 5.41) is 13.1. The fourth-order valence-corrected chi connectivity index (χ4v) is 1.53. The van der Waals surface area contributed by atoms with Gasteiger partial charge >= 0.3 is 11.7 Å². The summed E-state index contributed by atoms with van der Waals surface area (Å²) < 4.78 is 13.0. The number of nitrogens with zero attached hydrogens (tertiary/aromatic N) is 2. The molecule has 84 valence electrons. The van der Waals surface area contributed by atoms with E-state index in [0.717, 1.165) is 12.1 Å². The first-order chi connectivity index (χ1) is 7.59. The van der Waals surface area contributed by atoms with E-state index in [9.17, 15) is 19.3 Å². The minimum atomic E-state index is -0.909. The highest BCUT2D eigenvalue weighted by atomic mass is 19.1. The summed E-state index contributed by atoms with van der Waals surface area (Å²) in [7, 11) is 0. The number of rotatable bonds is 2. The molecule has 1 fully saturated rings. The maximum atomic E-state index is 13.0. The summed E-state index contributed by atoms with van der Waals surface area (Å²) >= 11 is 0. The number of carbonyl (C=O) groups excluding carboxylic acids is 1. The van der Waals surface area contributed by atoms with E-state index < -0.39 is 16.4 Å². The molecule has 1 heterocycles. The number of nitrogens with one attached hydrogen (secondary N) is 1. The second kappa shape index (κ2) is 3.76. The number of halogens is 1. The van der Waals surface area contributed by atoms with Gasteiger partial charge in [0.25, 0.3) is 0 Å². The fraction of sp³-hybridized carbons (Fsp3) is 0.222. The topological polar surface area (TPSA) is 75.5 Å². The Labute approximate surface area is 89.8 Å². The average molecular weight is 225 g/mol. The molecule has 0 spiro atoms. The van der Waals surface area contributed by atoms with Gasteiger partial charge in [-0.3, -0.25) is 15.0 Å². The van der Waals surface area contributed by atoms with Gasteiger partial charge < -0.3 is 5.32 Å². The summed E-state index contributed by atoms with van der Waals surface area (Å²) in [6, 6.07) is 3.05. The molecule has 1 N–H and O–H groups in total. The second-order valence-corrected chi connectivity index (χ2v) is 3.28. The number of nitro benzene ring substituents is 1. The SMILES string of the molecule is O=C1NCCN1c1ccc(F)c([N+](=O)[O-])c1. The molecule has 0 aromatic heterocycles. The highest BCUT2D eigenvalue weighted by Gasteiger charge is 2.24. The molecular weight excluding hydrogens is 217 g/mol. The largest absolute Gasteiger partial charge is 0.336 e. The van der Waals surface area contributed by atoms with Gasteiger partial charge in [-0.25, -0.2) is 4.79 Å². The van der Waals surface area contributed by atoms with Gasteiger partial charge in [-0.2, -0.15) is 4.39 Å². The van der Waals surface area contributed by atoms with Gasteiger partial charge in [0.05, 0.1) is 10.6 Å². The monoisotopic (exact) mass is 225 g/mol. The van der Waals surface area contributed by atoms with Crippen molar-refractivity contribution in [1.82, 2.24) is 5.32 Å². The molecule has 0 bridgehead atoms. The molecule has 1 saturated heterocycles. The summed E-state index contributed by atoms with van der Waals surface area (Å²) in [6.07, 6.45) is 0. The van der Waals surface area contributed by atoms with E-state index in [4.69, 9.17) is 0 Å². The van der Waals surface area contributed by atoms with Crippen molar-refractivity contribution in [2.24, 2.45) is 0 Å². The Balaban J connectivity index is 2.39. The van der Waals surface area contributed by atoms with Gasteiger partial charge in [0.15, 0.2) is 0 Å². The maximum Gasteiger partial charge on any atom is 0.322 e. The summed E-state index contributed by atoms with van der Waals surface area (Å²) in [5.74, 6) is -0.909. The van der Waals surface area contributed by atoms with Gasteiger partial charge in [0.1, 0.15) is 0 Å². The molecule has 1 aromatic carbocycles. The molecule has 6 nitrogen and oxygen atoms in total. The number of nitro groups is 1. The van der Waals surface area contributed by atoms with Crippen molar-refractivity contribution < 1.29 is 14.1 Å². The first kappa shape index (κ1) is 10.3. The minimum Gasteiger partial charge on any atom is -0.336 e. The van der Waals surface area contributed by atoms with Gasteiger partial charge in [0.2, 0.25) is 5.82 Å². The zero-order chi connectivity index (χ0) is 11.7. The summed E-state index contributed by atoms with van der Waals surface area (Å²) in [5.41, 5.74) is -0.305. The predicted molar refractivity (Wildman–Crippen MR) is 53.8 cm³/mol. The van der Waals surface area contributed by atoms with Crippen molar-refractivity contribution in [3.63, 3.8) is 0 Å². The molecule has 1 aliphatic heterocycles. The molecule has 0 radical (unpaired) electrons. The maximum absolute atomic E-state index is 13.0. The van der Waals surface area contributed by atoms with Gasteiger partial charge in [-0.05, 0) is 12.1 Å². The second-order valence-electron chi connectivity index (χ2n) is 3.28.